The summed E-state index contributed by atoms with van der Waals surface area (Å²) in [6, 6.07) is 18.7. The molecule has 1 N–H and O–H groups in total. The van der Waals surface area contributed by atoms with Gasteiger partial charge in [0, 0.05) is 57.6 Å². The number of carbonyl (C=O) groups excluding carboxylic acids is 2. The average molecular weight is 561 g/mol. The summed E-state index contributed by atoms with van der Waals surface area (Å²) in [6.45, 7) is 2.58. The van der Waals surface area contributed by atoms with Crippen molar-refractivity contribution in [2.45, 2.75) is 0 Å². The molecule has 0 radical (unpaired) electrons. The Bertz CT molecular complexity index is 1110. The van der Waals surface area contributed by atoms with E-state index in [1.165, 1.54) is 24.3 Å². The van der Waals surface area contributed by atoms with Crippen LogP contribution in [0.3, 0.4) is 0 Å². The van der Waals surface area contributed by atoms with Gasteiger partial charge in [0.1, 0.15) is 5.82 Å². The van der Waals surface area contributed by atoms with Crippen molar-refractivity contribution in [3.63, 3.8) is 0 Å². The van der Waals surface area contributed by atoms with Gasteiger partial charge in [-0.3, -0.25) is 9.59 Å². The monoisotopic (exact) mass is 559 g/mol. The quantitative estimate of drug-likeness (QED) is 0.454. The van der Waals surface area contributed by atoms with E-state index in [1.807, 2.05) is 30.3 Å². The number of nitrogens with zero attached hydrogens (tertiary/aromatic N) is 2. The molecule has 0 spiro atoms. The first-order valence-corrected chi connectivity index (χ1v) is 11.6. The van der Waals surface area contributed by atoms with E-state index in [-0.39, 0.29) is 17.6 Å². The molecular formula is C24H20Br2FN3O2. The fourth-order valence-electron chi connectivity index (χ4n) is 3.59. The van der Waals surface area contributed by atoms with Gasteiger partial charge >= 0.3 is 0 Å². The number of hydrogen-bond donors (Lipinski definition) is 1. The summed E-state index contributed by atoms with van der Waals surface area (Å²) in [6.07, 6.45) is 0. The van der Waals surface area contributed by atoms with Crippen LogP contribution in [-0.2, 0) is 0 Å². The number of amides is 2. The van der Waals surface area contributed by atoms with Gasteiger partial charge in [-0.05, 0) is 66.7 Å². The summed E-state index contributed by atoms with van der Waals surface area (Å²) < 4.78 is 14.7. The highest BCUT2D eigenvalue weighted by atomic mass is 79.9. The average Bonchev–Trinajstić information content (AvgIpc) is 2.79. The van der Waals surface area contributed by atoms with Crippen LogP contribution in [0.5, 0.6) is 0 Å². The number of carbonyl (C=O) groups is 2. The Morgan fingerprint density at radius 2 is 1.38 bits per heavy atom. The lowest BCUT2D eigenvalue weighted by atomic mass is 10.1. The molecule has 32 heavy (non-hydrogen) atoms. The molecule has 2 amide bonds. The lowest BCUT2D eigenvalue weighted by molar-refractivity contribution is 0.0746. The van der Waals surface area contributed by atoms with Gasteiger partial charge in [0.15, 0.2) is 0 Å². The molecule has 0 atom stereocenters. The summed E-state index contributed by atoms with van der Waals surface area (Å²) in [5.74, 6) is -0.620. The topological polar surface area (TPSA) is 52.7 Å². The van der Waals surface area contributed by atoms with Crippen LogP contribution < -0.4 is 10.2 Å². The minimum atomic E-state index is -0.351. The number of anilines is 2. The van der Waals surface area contributed by atoms with Crippen LogP contribution in [0.1, 0.15) is 20.7 Å². The van der Waals surface area contributed by atoms with Crippen LogP contribution in [0.15, 0.2) is 75.7 Å². The second kappa shape index (κ2) is 9.83. The molecule has 0 saturated carbocycles. The Hall–Kier alpha value is -2.71. The molecule has 1 fully saturated rings. The Balaban J connectivity index is 1.34. The zero-order valence-electron chi connectivity index (χ0n) is 17.0. The zero-order valence-corrected chi connectivity index (χ0v) is 20.2. The third-order valence-corrected chi connectivity index (χ3v) is 6.19. The van der Waals surface area contributed by atoms with Gasteiger partial charge in [0.05, 0.1) is 0 Å². The highest BCUT2D eigenvalue weighted by Crippen LogP contribution is 2.23. The van der Waals surface area contributed by atoms with Crippen LogP contribution in [0.2, 0.25) is 0 Å². The van der Waals surface area contributed by atoms with E-state index in [9.17, 15) is 14.0 Å². The fraction of sp³-hybridized carbons (Fsp3) is 0.167. The molecule has 4 rings (SSSR count). The van der Waals surface area contributed by atoms with Crippen molar-refractivity contribution >= 4 is 55.0 Å². The molecule has 0 aromatic heterocycles. The smallest absolute Gasteiger partial charge is 0.255 e. The molecule has 1 aliphatic heterocycles. The number of hydrogen-bond acceptors (Lipinski definition) is 3. The molecule has 3 aromatic rings. The molecule has 1 saturated heterocycles. The highest BCUT2D eigenvalue weighted by molar-refractivity contribution is 9.11. The fourth-order valence-corrected chi connectivity index (χ4v) is 4.88. The van der Waals surface area contributed by atoms with Crippen LogP contribution in [0, 0.1) is 5.82 Å². The van der Waals surface area contributed by atoms with E-state index >= 15 is 0 Å². The number of halogens is 3. The molecular weight excluding hydrogens is 541 g/mol. The number of nitrogens with one attached hydrogen (secondary N) is 1. The zero-order chi connectivity index (χ0) is 22.7. The standard InChI is InChI=1S/C24H20Br2FN3O2/c25-18-13-17(14-19(26)15-18)23(31)28-21-5-7-22(8-6-21)29-9-11-30(12-10-29)24(32)16-1-3-20(27)4-2-16/h1-8,13-15H,9-12H2,(H,28,31). The molecule has 0 aliphatic carbocycles. The second-order valence-electron chi connectivity index (χ2n) is 7.45. The molecule has 5 nitrogen and oxygen atoms in total. The summed E-state index contributed by atoms with van der Waals surface area (Å²) >= 11 is 6.79. The first-order chi connectivity index (χ1) is 15.4. The van der Waals surface area contributed by atoms with E-state index in [0.29, 0.717) is 43.0 Å². The molecule has 1 heterocycles. The van der Waals surface area contributed by atoms with Gasteiger partial charge in [0.2, 0.25) is 0 Å². The number of rotatable bonds is 4. The predicted molar refractivity (Wildman–Crippen MR) is 131 cm³/mol. The van der Waals surface area contributed by atoms with Crippen LogP contribution >= 0.6 is 31.9 Å². The van der Waals surface area contributed by atoms with Crippen molar-refractivity contribution in [3.05, 3.63) is 92.6 Å². The highest BCUT2D eigenvalue weighted by Gasteiger charge is 2.22. The lowest BCUT2D eigenvalue weighted by Crippen LogP contribution is -2.48. The normalized spacial score (nSPS) is 13.7. The van der Waals surface area contributed by atoms with Crippen molar-refractivity contribution < 1.29 is 14.0 Å². The van der Waals surface area contributed by atoms with E-state index < -0.39 is 0 Å². The van der Waals surface area contributed by atoms with E-state index in [2.05, 4.69) is 42.1 Å². The molecule has 3 aromatic carbocycles. The second-order valence-corrected chi connectivity index (χ2v) is 9.28. The van der Waals surface area contributed by atoms with E-state index in [0.717, 1.165) is 14.6 Å². The minimum Gasteiger partial charge on any atom is -0.368 e. The van der Waals surface area contributed by atoms with Gasteiger partial charge in [-0.1, -0.05) is 31.9 Å². The predicted octanol–water partition coefficient (Wildman–Crippen LogP) is 5.57. The molecule has 1 aliphatic rings. The Morgan fingerprint density at radius 1 is 0.781 bits per heavy atom. The van der Waals surface area contributed by atoms with Crippen molar-refractivity contribution in [1.82, 2.24) is 4.90 Å². The Kier molecular flexibility index (Phi) is 6.91. The van der Waals surface area contributed by atoms with Crippen molar-refractivity contribution in [2.24, 2.45) is 0 Å². The summed E-state index contributed by atoms with van der Waals surface area (Å²) in [5, 5.41) is 2.91. The third kappa shape index (κ3) is 5.37. The molecule has 0 bridgehead atoms. The summed E-state index contributed by atoms with van der Waals surface area (Å²) in [7, 11) is 0. The molecule has 164 valence electrons. The van der Waals surface area contributed by atoms with Gasteiger partial charge in [-0.2, -0.15) is 0 Å². The third-order valence-electron chi connectivity index (χ3n) is 5.27. The maximum atomic E-state index is 13.1. The van der Waals surface area contributed by atoms with E-state index in [4.69, 9.17) is 0 Å². The maximum Gasteiger partial charge on any atom is 0.255 e. The van der Waals surface area contributed by atoms with Gasteiger partial charge in [-0.25, -0.2) is 4.39 Å². The Labute approximate surface area is 202 Å². The van der Waals surface area contributed by atoms with Gasteiger partial charge in [-0.15, -0.1) is 0 Å². The maximum absolute atomic E-state index is 13.1. The summed E-state index contributed by atoms with van der Waals surface area (Å²) in [4.78, 5) is 29.1. The largest absolute Gasteiger partial charge is 0.368 e. The molecule has 8 heteroatoms. The van der Waals surface area contributed by atoms with Crippen LogP contribution in [0.25, 0.3) is 0 Å². The SMILES string of the molecule is O=C(Nc1ccc(N2CCN(C(=O)c3ccc(F)cc3)CC2)cc1)c1cc(Br)cc(Br)c1. The summed E-state index contributed by atoms with van der Waals surface area (Å²) in [5.41, 5.74) is 2.79. The first kappa shape index (κ1) is 22.5. The number of piperazine rings is 1. The van der Waals surface area contributed by atoms with Gasteiger partial charge in [0.25, 0.3) is 11.8 Å². The minimum absolute atomic E-state index is 0.0816. The Morgan fingerprint density at radius 3 is 1.97 bits per heavy atom. The van der Waals surface area contributed by atoms with Gasteiger partial charge < -0.3 is 15.1 Å². The van der Waals surface area contributed by atoms with Crippen molar-refractivity contribution in [1.29, 1.82) is 0 Å². The number of benzene rings is 3. The van der Waals surface area contributed by atoms with Crippen molar-refractivity contribution in [2.75, 3.05) is 36.4 Å². The lowest BCUT2D eigenvalue weighted by Gasteiger charge is -2.36. The van der Waals surface area contributed by atoms with E-state index in [1.54, 1.807) is 17.0 Å². The first-order valence-electron chi connectivity index (χ1n) is 10.1. The van der Waals surface area contributed by atoms with Crippen LogP contribution in [-0.4, -0.2) is 42.9 Å². The molecule has 0 unspecified atom stereocenters. The van der Waals surface area contributed by atoms with Crippen LogP contribution in [0.4, 0.5) is 15.8 Å². The van der Waals surface area contributed by atoms with Crippen molar-refractivity contribution in [3.8, 4) is 0 Å².